The van der Waals surface area contributed by atoms with E-state index >= 15 is 0 Å². The molecule has 1 unspecified atom stereocenters. The number of benzene rings is 1. The zero-order valence-electron chi connectivity index (χ0n) is 7.55. The van der Waals surface area contributed by atoms with Gasteiger partial charge in [-0.15, -0.1) is 0 Å². The molecule has 1 aromatic rings. The molecule has 0 fully saturated rings. The van der Waals surface area contributed by atoms with Crippen LogP contribution < -0.4 is 11.1 Å². The highest BCUT2D eigenvalue weighted by atomic mass is 79.9. The molecular formula is C9H10BrFN2O. The predicted molar refractivity (Wildman–Crippen MR) is 56.4 cm³/mol. The Morgan fingerprint density at radius 3 is 2.79 bits per heavy atom. The van der Waals surface area contributed by atoms with Crippen molar-refractivity contribution < 1.29 is 9.18 Å². The summed E-state index contributed by atoms with van der Waals surface area (Å²) in [7, 11) is 0. The summed E-state index contributed by atoms with van der Waals surface area (Å²) in [6.45, 7) is 1.53. The Bertz CT molecular complexity index is 334. The molecule has 76 valence electrons. The van der Waals surface area contributed by atoms with E-state index in [1.807, 2.05) is 0 Å². The molecule has 1 amide bonds. The molecule has 0 saturated heterocycles. The Hall–Kier alpha value is -0.940. The minimum Gasteiger partial charge on any atom is -0.321 e. The first kappa shape index (κ1) is 11.1. The lowest BCUT2D eigenvalue weighted by Gasteiger charge is -2.09. The van der Waals surface area contributed by atoms with Crippen LogP contribution in [0.3, 0.4) is 0 Å². The van der Waals surface area contributed by atoms with Gasteiger partial charge < -0.3 is 11.1 Å². The Kier molecular flexibility index (Phi) is 3.60. The topological polar surface area (TPSA) is 55.1 Å². The standard InChI is InChI=1S/C9H10BrFN2O/c1-5(12)9(14)13-8-6(10)3-2-4-7(8)11/h2-5H,12H2,1H3,(H,13,14). The number of nitrogens with one attached hydrogen (secondary N) is 1. The fourth-order valence-electron chi connectivity index (χ4n) is 0.854. The highest BCUT2D eigenvalue weighted by Gasteiger charge is 2.12. The smallest absolute Gasteiger partial charge is 0.241 e. The number of halogens is 2. The summed E-state index contributed by atoms with van der Waals surface area (Å²) in [5.41, 5.74) is 5.45. The number of carbonyl (C=O) groups is 1. The normalized spacial score (nSPS) is 12.3. The summed E-state index contributed by atoms with van der Waals surface area (Å²) < 4.78 is 13.7. The van der Waals surface area contributed by atoms with Gasteiger partial charge in [-0.25, -0.2) is 4.39 Å². The minimum absolute atomic E-state index is 0.120. The highest BCUT2D eigenvalue weighted by molar-refractivity contribution is 9.10. The van der Waals surface area contributed by atoms with Crippen LogP contribution in [0.1, 0.15) is 6.92 Å². The van der Waals surface area contributed by atoms with E-state index in [4.69, 9.17) is 5.73 Å². The van der Waals surface area contributed by atoms with Gasteiger partial charge in [-0.05, 0) is 35.0 Å². The second-order valence-electron chi connectivity index (χ2n) is 2.87. The SMILES string of the molecule is CC(N)C(=O)Nc1c(F)cccc1Br. The van der Waals surface area contributed by atoms with Crippen molar-refractivity contribution in [2.45, 2.75) is 13.0 Å². The van der Waals surface area contributed by atoms with Gasteiger partial charge in [-0.1, -0.05) is 6.07 Å². The van der Waals surface area contributed by atoms with Crippen LogP contribution in [-0.4, -0.2) is 11.9 Å². The Balaban J connectivity index is 2.91. The molecule has 3 nitrogen and oxygen atoms in total. The first-order chi connectivity index (χ1) is 6.52. The van der Waals surface area contributed by atoms with Gasteiger partial charge in [0.15, 0.2) is 0 Å². The van der Waals surface area contributed by atoms with Crippen molar-refractivity contribution in [2.75, 3.05) is 5.32 Å². The molecule has 0 heterocycles. The maximum absolute atomic E-state index is 13.2. The quantitative estimate of drug-likeness (QED) is 0.853. The molecule has 5 heteroatoms. The summed E-state index contributed by atoms with van der Waals surface area (Å²) in [5.74, 6) is -0.913. The third kappa shape index (κ3) is 2.52. The van der Waals surface area contributed by atoms with Crippen LogP contribution in [0.5, 0.6) is 0 Å². The van der Waals surface area contributed by atoms with Crippen molar-refractivity contribution in [3.8, 4) is 0 Å². The molecule has 14 heavy (non-hydrogen) atoms. The van der Waals surface area contributed by atoms with Crippen molar-refractivity contribution in [1.82, 2.24) is 0 Å². The second kappa shape index (κ2) is 4.52. The monoisotopic (exact) mass is 260 g/mol. The van der Waals surface area contributed by atoms with Crippen LogP contribution in [0.15, 0.2) is 22.7 Å². The number of para-hydroxylation sites is 1. The van der Waals surface area contributed by atoms with Gasteiger partial charge in [-0.2, -0.15) is 0 Å². The fourth-order valence-corrected chi connectivity index (χ4v) is 1.30. The number of hydrogen-bond donors (Lipinski definition) is 2. The summed E-state index contributed by atoms with van der Waals surface area (Å²) in [6.07, 6.45) is 0. The van der Waals surface area contributed by atoms with Crippen LogP contribution in [0, 0.1) is 5.82 Å². The molecule has 0 aliphatic rings. The third-order valence-electron chi connectivity index (χ3n) is 1.62. The maximum atomic E-state index is 13.2. The number of carbonyl (C=O) groups excluding carboxylic acids is 1. The van der Waals surface area contributed by atoms with E-state index in [0.29, 0.717) is 4.47 Å². The van der Waals surface area contributed by atoms with Crippen LogP contribution in [0.25, 0.3) is 0 Å². The largest absolute Gasteiger partial charge is 0.321 e. The van der Waals surface area contributed by atoms with Gasteiger partial charge >= 0.3 is 0 Å². The van der Waals surface area contributed by atoms with Gasteiger partial charge in [-0.3, -0.25) is 4.79 Å². The van der Waals surface area contributed by atoms with E-state index in [2.05, 4.69) is 21.2 Å². The highest BCUT2D eigenvalue weighted by Crippen LogP contribution is 2.24. The van der Waals surface area contributed by atoms with Crippen LogP contribution in [-0.2, 0) is 4.79 Å². The molecule has 0 aliphatic heterocycles. The first-order valence-corrected chi connectivity index (χ1v) is 4.82. The third-order valence-corrected chi connectivity index (χ3v) is 2.29. The van der Waals surface area contributed by atoms with Crippen molar-refractivity contribution >= 4 is 27.5 Å². The molecule has 0 aromatic heterocycles. The number of amides is 1. The van der Waals surface area contributed by atoms with Gasteiger partial charge in [0.2, 0.25) is 5.91 Å². The number of nitrogens with two attached hydrogens (primary N) is 1. The number of rotatable bonds is 2. The van der Waals surface area contributed by atoms with Crippen LogP contribution in [0.2, 0.25) is 0 Å². The fraction of sp³-hybridized carbons (Fsp3) is 0.222. The average Bonchev–Trinajstić information content (AvgIpc) is 2.11. The average molecular weight is 261 g/mol. The predicted octanol–water partition coefficient (Wildman–Crippen LogP) is 1.87. The van der Waals surface area contributed by atoms with Gasteiger partial charge in [0, 0.05) is 4.47 Å². The Labute approximate surface area is 89.6 Å². The molecular weight excluding hydrogens is 251 g/mol. The zero-order valence-corrected chi connectivity index (χ0v) is 9.14. The Morgan fingerprint density at radius 2 is 2.29 bits per heavy atom. The van der Waals surface area contributed by atoms with Crippen LogP contribution >= 0.6 is 15.9 Å². The molecule has 0 bridgehead atoms. The molecule has 1 atom stereocenters. The van der Waals surface area contributed by atoms with Crippen molar-refractivity contribution in [3.05, 3.63) is 28.5 Å². The molecule has 0 radical (unpaired) electrons. The molecule has 0 spiro atoms. The molecule has 3 N–H and O–H groups in total. The molecule has 1 rings (SSSR count). The van der Waals surface area contributed by atoms with Crippen LogP contribution in [0.4, 0.5) is 10.1 Å². The number of hydrogen-bond acceptors (Lipinski definition) is 2. The van der Waals surface area contributed by atoms with E-state index < -0.39 is 17.8 Å². The molecule has 1 aromatic carbocycles. The van der Waals surface area contributed by atoms with Gasteiger partial charge in [0.1, 0.15) is 5.82 Å². The number of anilines is 1. The van der Waals surface area contributed by atoms with Crippen molar-refractivity contribution in [3.63, 3.8) is 0 Å². The lowest BCUT2D eigenvalue weighted by molar-refractivity contribution is -0.117. The van der Waals surface area contributed by atoms with Gasteiger partial charge in [0.05, 0.1) is 11.7 Å². The summed E-state index contributed by atoms with van der Waals surface area (Å²) in [4.78, 5) is 11.2. The summed E-state index contributed by atoms with van der Waals surface area (Å²) in [5, 5.41) is 2.39. The van der Waals surface area contributed by atoms with E-state index in [9.17, 15) is 9.18 Å². The van der Waals surface area contributed by atoms with E-state index in [-0.39, 0.29) is 5.69 Å². The molecule has 0 saturated carbocycles. The van der Waals surface area contributed by atoms with Gasteiger partial charge in [0.25, 0.3) is 0 Å². The second-order valence-corrected chi connectivity index (χ2v) is 3.73. The lowest BCUT2D eigenvalue weighted by atomic mass is 10.2. The van der Waals surface area contributed by atoms with E-state index in [0.717, 1.165) is 0 Å². The van der Waals surface area contributed by atoms with E-state index in [1.54, 1.807) is 12.1 Å². The van der Waals surface area contributed by atoms with Crippen molar-refractivity contribution in [2.24, 2.45) is 5.73 Å². The van der Waals surface area contributed by atoms with E-state index in [1.165, 1.54) is 13.0 Å². The van der Waals surface area contributed by atoms with Crippen molar-refractivity contribution in [1.29, 1.82) is 0 Å². The maximum Gasteiger partial charge on any atom is 0.241 e. The summed E-state index contributed by atoms with van der Waals surface area (Å²) in [6, 6.07) is 3.78. The first-order valence-electron chi connectivity index (χ1n) is 4.03. The molecule has 0 aliphatic carbocycles. The Morgan fingerprint density at radius 1 is 1.64 bits per heavy atom. The summed E-state index contributed by atoms with van der Waals surface area (Å²) >= 11 is 3.13. The minimum atomic E-state index is -0.665. The zero-order chi connectivity index (χ0) is 10.7. The lowest BCUT2D eigenvalue weighted by Crippen LogP contribution is -2.32.